The van der Waals surface area contributed by atoms with E-state index in [0.29, 0.717) is 18.7 Å². The monoisotopic (exact) mass is 240 g/mol. The SMILES string of the molecule is CC1CCCC(CNC(=O)C2CCCOC2)N1. The second kappa shape index (κ2) is 6.36. The average molecular weight is 240 g/mol. The molecule has 98 valence electrons. The van der Waals surface area contributed by atoms with Gasteiger partial charge in [-0.25, -0.2) is 0 Å². The zero-order valence-electron chi connectivity index (χ0n) is 10.7. The molecule has 0 aliphatic carbocycles. The molecule has 0 aromatic rings. The number of hydrogen-bond donors (Lipinski definition) is 2. The first kappa shape index (κ1) is 12.8. The average Bonchev–Trinajstić information content (AvgIpc) is 2.37. The van der Waals surface area contributed by atoms with Crippen molar-refractivity contribution in [3.63, 3.8) is 0 Å². The van der Waals surface area contributed by atoms with Gasteiger partial charge in [-0.3, -0.25) is 4.79 Å². The molecule has 0 aromatic carbocycles. The van der Waals surface area contributed by atoms with Crippen molar-refractivity contribution in [2.24, 2.45) is 5.92 Å². The van der Waals surface area contributed by atoms with E-state index in [0.717, 1.165) is 26.0 Å². The van der Waals surface area contributed by atoms with Gasteiger partial charge in [0, 0.05) is 25.2 Å². The molecular weight excluding hydrogens is 216 g/mol. The van der Waals surface area contributed by atoms with Crippen molar-refractivity contribution in [1.29, 1.82) is 0 Å². The number of piperidine rings is 1. The molecule has 0 saturated carbocycles. The summed E-state index contributed by atoms with van der Waals surface area (Å²) in [5.41, 5.74) is 0. The largest absolute Gasteiger partial charge is 0.381 e. The van der Waals surface area contributed by atoms with Gasteiger partial charge in [0.15, 0.2) is 0 Å². The van der Waals surface area contributed by atoms with Crippen LogP contribution in [0.5, 0.6) is 0 Å². The zero-order chi connectivity index (χ0) is 12.1. The van der Waals surface area contributed by atoms with Crippen molar-refractivity contribution in [2.45, 2.75) is 51.1 Å². The first-order valence-corrected chi connectivity index (χ1v) is 6.87. The number of amides is 1. The van der Waals surface area contributed by atoms with Crippen LogP contribution < -0.4 is 10.6 Å². The Morgan fingerprint density at radius 3 is 2.94 bits per heavy atom. The third-order valence-electron chi connectivity index (χ3n) is 3.76. The summed E-state index contributed by atoms with van der Waals surface area (Å²) in [6.45, 7) is 4.38. The van der Waals surface area contributed by atoms with E-state index in [1.807, 2.05) is 0 Å². The summed E-state index contributed by atoms with van der Waals surface area (Å²) in [4.78, 5) is 11.9. The second-order valence-corrected chi connectivity index (χ2v) is 5.35. The maximum atomic E-state index is 11.9. The Morgan fingerprint density at radius 1 is 1.35 bits per heavy atom. The molecule has 0 spiro atoms. The standard InChI is InChI=1S/C13H24N2O2/c1-10-4-2-6-12(15-10)8-14-13(16)11-5-3-7-17-9-11/h10-12,15H,2-9H2,1H3,(H,14,16). The number of carbonyl (C=O) groups is 1. The van der Waals surface area contributed by atoms with Gasteiger partial charge >= 0.3 is 0 Å². The van der Waals surface area contributed by atoms with Crippen LogP contribution in [0.25, 0.3) is 0 Å². The molecule has 3 atom stereocenters. The Morgan fingerprint density at radius 2 is 2.24 bits per heavy atom. The van der Waals surface area contributed by atoms with Crippen LogP contribution in [0.1, 0.15) is 39.0 Å². The molecule has 0 aromatic heterocycles. The van der Waals surface area contributed by atoms with Crippen molar-refractivity contribution in [3.05, 3.63) is 0 Å². The van der Waals surface area contributed by atoms with Gasteiger partial charge in [0.1, 0.15) is 0 Å². The summed E-state index contributed by atoms with van der Waals surface area (Å²) in [6.07, 6.45) is 5.67. The minimum Gasteiger partial charge on any atom is -0.381 e. The minimum atomic E-state index is 0.0739. The van der Waals surface area contributed by atoms with Gasteiger partial charge in [-0.15, -0.1) is 0 Å². The molecule has 1 amide bonds. The molecule has 0 bridgehead atoms. The van der Waals surface area contributed by atoms with Crippen LogP contribution in [0.3, 0.4) is 0 Å². The highest BCUT2D eigenvalue weighted by atomic mass is 16.5. The van der Waals surface area contributed by atoms with Crippen molar-refractivity contribution in [2.75, 3.05) is 19.8 Å². The van der Waals surface area contributed by atoms with Crippen LogP contribution in [0.15, 0.2) is 0 Å². The van der Waals surface area contributed by atoms with Crippen LogP contribution in [-0.4, -0.2) is 37.7 Å². The summed E-state index contributed by atoms with van der Waals surface area (Å²) in [6, 6.07) is 1.04. The fourth-order valence-electron chi connectivity index (χ4n) is 2.72. The van der Waals surface area contributed by atoms with Crippen molar-refractivity contribution in [3.8, 4) is 0 Å². The highest BCUT2D eigenvalue weighted by Crippen LogP contribution is 2.14. The topological polar surface area (TPSA) is 50.4 Å². The lowest BCUT2D eigenvalue weighted by Gasteiger charge is -2.29. The van der Waals surface area contributed by atoms with Gasteiger partial charge in [0.2, 0.25) is 5.91 Å². The van der Waals surface area contributed by atoms with Gasteiger partial charge in [-0.2, -0.15) is 0 Å². The van der Waals surface area contributed by atoms with Gasteiger partial charge in [0.05, 0.1) is 12.5 Å². The Balaban J connectivity index is 1.68. The Kier molecular flexibility index (Phi) is 4.80. The van der Waals surface area contributed by atoms with E-state index >= 15 is 0 Å². The van der Waals surface area contributed by atoms with Crippen LogP contribution in [-0.2, 0) is 9.53 Å². The van der Waals surface area contributed by atoms with E-state index in [1.54, 1.807) is 0 Å². The third-order valence-corrected chi connectivity index (χ3v) is 3.76. The van der Waals surface area contributed by atoms with Crippen molar-refractivity contribution >= 4 is 5.91 Å². The van der Waals surface area contributed by atoms with E-state index in [2.05, 4.69) is 17.6 Å². The molecule has 2 saturated heterocycles. The van der Waals surface area contributed by atoms with Crippen LogP contribution >= 0.6 is 0 Å². The number of nitrogens with one attached hydrogen (secondary N) is 2. The van der Waals surface area contributed by atoms with E-state index in [-0.39, 0.29) is 11.8 Å². The smallest absolute Gasteiger partial charge is 0.225 e. The molecule has 2 aliphatic rings. The summed E-state index contributed by atoms with van der Waals surface area (Å²) < 4.78 is 5.34. The van der Waals surface area contributed by atoms with E-state index < -0.39 is 0 Å². The fourth-order valence-corrected chi connectivity index (χ4v) is 2.72. The second-order valence-electron chi connectivity index (χ2n) is 5.35. The van der Waals surface area contributed by atoms with Gasteiger partial charge < -0.3 is 15.4 Å². The van der Waals surface area contributed by atoms with E-state index in [4.69, 9.17) is 4.74 Å². The lowest BCUT2D eigenvalue weighted by atomic mass is 9.98. The maximum Gasteiger partial charge on any atom is 0.225 e. The highest BCUT2D eigenvalue weighted by Gasteiger charge is 2.23. The molecule has 2 fully saturated rings. The summed E-state index contributed by atoms with van der Waals surface area (Å²) >= 11 is 0. The summed E-state index contributed by atoms with van der Waals surface area (Å²) in [5.74, 6) is 0.245. The molecule has 0 radical (unpaired) electrons. The Labute approximate surface area is 103 Å². The summed E-state index contributed by atoms with van der Waals surface area (Å²) in [7, 11) is 0. The molecule has 17 heavy (non-hydrogen) atoms. The first-order valence-electron chi connectivity index (χ1n) is 6.87. The predicted molar refractivity (Wildman–Crippen MR) is 66.8 cm³/mol. The van der Waals surface area contributed by atoms with Crippen LogP contribution in [0.4, 0.5) is 0 Å². The number of hydrogen-bond acceptors (Lipinski definition) is 3. The molecule has 4 nitrogen and oxygen atoms in total. The molecule has 2 N–H and O–H groups in total. The Bertz CT molecular complexity index is 252. The minimum absolute atomic E-state index is 0.0739. The molecule has 2 heterocycles. The predicted octanol–water partition coefficient (Wildman–Crippen LogP) is 1.06. The molecule has 4 heteroatoms. The number of ether oxygens (including phenoxy) is 1. The number of rotatable bonds is 3. The quantitative estimate of drug-likeness (QED) is 0.775. The van der Waals surface area contributed by atoms with Crippen LogP contribution in [0, 0.1) is 5.92 Å². The van der Waals surface area contributed by atoms with Gasteiger partial charge in [0.25, 0.3) is 0 Å². The maximum absolute atomic E-state index is 11.9. The highest BCUT2D eigenvalue weighted by molar-refractivity contribution is 5.78. The molecule has 3 unspecified atom stereocenters. The Hall–Kier alpha value is -0.610. The van der Waals surface area contributed by atoms with E-state index in [1.165, 1.54) is 19.3 Å². The first-order chi connectivity index (χ1) is 8.25. The van der Waals surface area contributed by atoms with Crippen LogP contribution in [0.2, 0.25) is 0 Å². The summed E-state index contributed by atoms with van der Waals surface area (Å²) in [5, 5.41) is 6.59. The molecule has 2 rings (SSSR count). The molecule has 2 aliphatic heterocycles. The molecular formula is C13H24N2O2. The van der Waals surface area contributed by atoms with E-state index in [9.17, 15) is 4.79 Å². The number of carbonyl (C=O) groups excluding carboxylic acids is 1. The lowest BCUT2D eigenvalue weighted by Crippen LogP contribution is -2.48. The fraction of sp³-hybridized carbons (Fsp3) is 0.923. The van der Waals surface area contributed by atoms with Crippen molar-refractivity contribution in [1.82, 2.24) is 10.6 Å². The zero-order valence-corrected chi connectivity index (χ0v) is 10.7. The third kappa shape index (κ3) is 3.96. The lowest BCUT2D eigenvalue weighted by molar-refractivity contribution is -0.129. The normalized spacial score (nSPS) is 34.3. The van der Waals surface area contributed by atoms with Crippen molar-refractivity contribution < 1.29 is 9.53 Å². The van der Waals surface area contributed by atoms with Gasteiger partial charge in [-0.1, -0.05) is 6.42 Å². The van der Waals surface area contributed by atoms with Gasteiger partial charge in [-0.05, 0) is 32.6 Å².